The molecule has 134 valence electrons. The number of nitrogens with zero attached hydrogens (tertiary/aromatic N) is 1. The summed E-state index contributed by atoms with van der Waals surface area (Å²) >= 11 is 0. The van der Waals surface area contributed by atoms with Crippen LogP contribution in [0.2, 0.25) is 0 Å². The first-order valence-corrected chi connectivity index (χ1v) is 8.65. The van der Waals surface area contributed by atoms with E-state index in [2.05, 4.69) is 15.6 Å². The Morgan fingerprint density at radius 2 is 1.96 bits per heavy atom. The van der Waals surface area contributed by atoms with Gasteiger partial charge in [-0.25, -0.2) is 0 Å². The summed E-state index contributed by atoms with van der Waals surface area (Å²) < 4.78 is 5.29. The molecule has 1 saturated heterocycles. The second-order valence-electron chi connectivity index (χ2n) is 6.20. The van der Waals surface area contributed by atoms with Crippen molar-refractivity contribution in [2.24, 2.45) is 4.99 Å². The normalized spacial score (nSPS) is 18.9. The van der Waals surface area contributed by atoms with Crippen molar-refractivity contribution in [1.29, 1.82) is 0 Å². The van der Waals surface area contributed by atoms with Crippen LogP contribution in [0.25, 0.3) is 0 Å². The Hall–Kier alpha value is -1.63. The summed E-state index contributed by atoms with van der Waals surface area (Å²) in [6, 6.07) is 9.93. The van der Waals surface area contributed by atoms with Crippen molar-refractivity contribution in [2.75, 3.05) is 39.5 Å². The van der Waals surface area contributed by atoms with Crippen molar-refractivity contribution in [2.45, 2.75) is 31.3 Å². The molecule has 1 aromatic rings. The Balaban J connectivity index is 1.93. The molecule has 0 radical (unpaired) electrons. The third-order valence-electron chi connectivity index (χ3n) is 4.31. The quantitative estimate of drug-likeness (QED) is 0.439. The van der Waals surface area contributed by atoms with Crippen molar-refractivity contribution < 1.29 is 14.9 Å². The molecule has 1 aliphatic rings. The maximum absolute atomic E-state index is 10.5. The van der Waals surface area contributed by atoms with Crippen molar-refractivity contribution in [3.8, 4) is 0 Å². The first-order chi connectivity index (χ1) is 11.7. The number of rotatable bonds is 7. The van der Waals surface area contributed by atoms with Crippen LogP contribution in [0.4, 0.5) is 0 Å². The second-order valence-corrected chi connectivity index (χ2v) is 6.20. The van der Waals surface area contributed by atoms with Crippen LogP contribution in [0.5, 0.6) is 0 Å². The Morgan fingerprint density at radius 3 is 2.58 bits per heavy atom. The topological polar surface area (TPSA) is 86.1 Å². The number of hydrogen-bond donors (Lipinski definition) is 4. The van der Waals surface area contributed by atoms with E-state index in [0.29, 0.717) is 45.1 Å². The lowest BCUT2D eigenvalue weighted by atomic mass is 9.95. The summed E-state index contributed by atoms with van der Waals surface area (Å²) in [5.41, 5.74) is 0.308. The average Bonchev–Trinajstić information content (AvgIpc) is 2.61. The van der Waals surface area contributed by atoms with Gasteiger partial charge in [0.2, 0.25) is 0 Å². The Labute approximate surface area is 144 Å². The van der Waals surface area contributed by atoms with Gasteiger partial charge in [0.25, 0.3) is 0 Å². The lowest BCUT2D eigenvalue weighted by Gasteiger charge is -2.30. The fraction of sp³-hybridized carbons (Fsp3) is 0.611. The molecule has 1 heterocycles. The van der Waals surface area contributed by atoms with Crippen molar-refractivity contribution in [3.63, 3.8) is 0 Å². The predicted molar refractivity (Wildman–Crippen MR) is 95.3 cm³/mol. The molecule has 0 aromatic heterocycles. The minimum absolute atomic E-state index is 0.00113. The summed E-state index contributed by atoms with van der Waals surface area (Å²) in [6.45, 7) is 4.89. The minimum Gasteiger partial charge on any atom is -0.396 e. The van der Waals surface area contributed by atoms with Crippen molar-refractivity contribution in [1.82, 2.24) is 10.6 Å². The van der Waals surface area contributed by atoms with Gasteiger partial charge in [0.05, 0.1) is 18.8 Å². The molecule has 1 aliphatic heterocycles. The molecule has 0 aliphatic carbocycles. The predicted octanol–water partition coefficient (Wildman–Crippen LogP) is 0.859. The van der Waals surface area contributed by atoms with E-state index in [-0.39, 0.29) is 12.5 Å². The van der Waals surface area contributed by atoms with E-state index in [1.807, 2.05) is 37.3 Å². The van der Waals surface area contributed by atoms with Gasteiger partial charge >= 0.3 is 0 Å². The van der Waals surface area contributed by atoms with Crippen LogP contribution in [-0.4, -0.2) is 61.2 Å². The zero-order chi connectivity index (χ0) is 17.3. The van der Waals surface area contributed by atoms with E-state index >= 15 is 0 Å². The molecule has 1 atom stereocenters. The number of guanidine groups is 1. The molecule has 6 nitrogen and oxygen atoms in total. The molecule has 1 aromatic carbocycles. The van der Waals surface area contributed by atoms with Gasteiger partial charge in [-0.1, -0.05) is 30.3 Å². The summed E-state index contributed by atoms with van der Waals surface area (Å²) in [6.07, 6.45) is 1.22. The lowest BCUT2D eigenvalue weighted by Crippen LogP contribution is -2.43. The monoisotopic (exact) mass is 335 g/mol. The van der Waals surface area contributed by atoms with Gasteiger partial charge < -0.3 is 25.6 Å². The average molecular weight is 335 g/mol. The molecular formula is C18H29N3O3. The molecule has 2 rings (SSSR count). The fourth-order valence-electron chi connectivity index (χ4n) is 2.71. The smallest absolute Gasteiger partial charge is 0.191 e. The lowest BCUT2D eigenvalue weighted by molar-refractivity contribution is -0.0566. The van der Waals surface area contributed by atoms with Gasteiger partial charge in [0.1, 0.15) is 0 Å². The molecule has 1 fully saturated rings. The van der Waals surface area contributed by atoms with Gasteiger partial charge in [-0.15, -0.1) is 0 Å². The first-order valence-electron chi connectivity index (χ1n) is 8.65. The summed E-state index contributed by atoms with van der Waals surface area (Å²) in [7, 11) is 0. The second kappa shape index (κ2) is 9.61. The highest BCUT2D eigenvalue weighted by Gasteiger charge is 2.29. The summed E-state index contributed by atoms with van der Waals surface area (Å²) in [5.74, 6) is 0.660. The highest BCUT2D eigenvalue weighted by atomic mass is 16.5. The molecule has 6 heteroatoms. The number of aliphatic hydroxyl groups excluding tert-OH is 1. The van der Waals surface area contributed by atoms with Crippen LogP contribution in [0.3, 0.4) is 0 Å². The Morgan fingerprint density at radius 1 is 1.25 bits per heavy atom. The number of ether oxygens (including phenoxy) is 1. The third kappa shape index (κ3) is 5.78. The van der Waals surface area contributed by atoms with Crippen LogP contribution >= 0.6 is 0 Å². The number of hydrogen-bond acceptors (Lipinski definition) is 4. The highest BCUT2D eigenvalue weighted by molar-refractivity contribution is 5.79. The molecule has 0 saturated carbocycles. The zero-order valence-electron chi connectivity index (χ0n) is 14.4. The number of aliphatic imine (C=N–C) groups is 1. The largest absolute Gasteiger partial charge is 0.396 e. The van der Waals surface area contributed by atoms with Gasteiger partial charge in [-0.2, -0.15) is 0 Å². The third-order valence-corrected chi connectivity index (χ3v) is 4.31. The number of benzene rings is 1. The minimum atomic E-state index is -0.781. The zero-order valence-corrected chi connectivity index (χ0v) is 14.4. The Bertz CT molecular complexity index is 501. The van der Waals surface area contributed by atoms with Crippen LogP contribution in [0.1, 0.15) is 31.2 Å². The molecular weight excluding hydrogens is 306 g/mol. The van der Waals surface area contributed by atoms with Gasteiger partial charge in [0, 0.05) is 45.1 Å². The number of aliphatic hydroxyl groups is 2. The molecule has 4 N–H and O–H groups in total. The summed E-state index contributed by atoms with van der Waals surface area (Å²) in [4.78, 5) is 4.52. The van der Waals surface area contributed by atoms with Gasteiger partial charge in [0.15, 0.2) is 5.96 Å². The molecule has 0 spiro atoms. The SMILES string of the molecule is CCNC(=NCC1(O)CCOCC1)NCC(CO)c1ccccc1. The maximum Gasteiger partial charge on any atom is 0.191 e. The van der Waals surface area contributed by atoms with Crippen LogP contribution in [0, 0.1) is 0 Å². The van der Waals surface area contributed by atoms with Crippen LogP contribution in [0.15, 0.2) is 35.3 Å². The van der Waals surface area contributed by atoms with E-state index in [0.717, 1.165) is 12.1 Å². The Kier molecular flexibility index (Phi) is 7.49. The van der Waals surface area contributed by atoms with Gasteiger partial charge in [-0.3, -0.25) is 4.99 Å². The fourth-order valence-corrected chi connectivity index (χ4v) is 2.71. The molecule has 0 bridgehead atoms. The van der Waals surface area contributed by atoms with Crippen molar-refractivity contribution >= 4 is 5.96 Å². The molecule has 0 amide bonds. The van der Waals surface area contributed by atoms with Gasteiger partial charge in [-0.05, 0) is 12.5 Å². The highest BCUT2D eigenvalue weighted by Crippen LogP contribution is 2.20. The molecule has 1 unspecified atom stereocenters. The first kappa shape index (κ1) is 18.7. The van der Waals surface area contributed by atoms with E-state index in [1.54, 1.807) is 0 Å². The standard InChI is InChI=1S/C18H29N3O3/c1-2-19-17(21-14-18(23)8-10-24-11-9-18)20-12-16(13-22)15-6-4-3-5-7-15/h3-7,16,22-23H,2,8-14H2,1H3,(H2,19,20,21). The van der Waals surface area contributed by atoms with E-state index in [1.165, 1.54) is 0 Å². The van der Waals surface area contributed by atoms with Crippen LogP contribution < -0.4 is 10.6 Å². The maximum atomic E-state index is 10.5. The van der Waals surface area contributed by atoms with E-state index in [9.17, 15) is 10.2 Å². The number of nitrogens with one attached hydrogen (secondary N) is 2. The van der Waals surface area contributed by atoms with Crippen molar-refractivity contribution in [3.05, 3.63) is 35.9 Å². The summed E-state index contributed by atoms with van der Waals surface area (Å²) in [5, 5.41) is 26.6. The van der Waals surface area contributed by atoms with E-state index in [4.69, 9.17) is 4.74 Å². The molecule has 24 heavy (non-hydrogen) atoms. The van der Waals surface area contributed by atoms with Crippen LogP contribution in [-0.2, 0) is 4.74 Å². The van der Waals surface area contributed by atoms with E-state index < -0.39 is 5.60 Å².